The van der Waals surface area contributed by atoms with Gasteiger partial charge in [0, 0.05) is 31.1 Å². The molecule has 0 aromatic heterocycles. The lowest BCUT2D eigenvalue weighted by Gasteiger charge is -2.14. The summed E-state index contributed by atoms with van der Waals surface area (Å²) in [6.45, 7) is 0.388. The zero-order chi connectivity index (χ0) is 14.5. The van der Waals surface area contributed by atoms with Crippen molar-refractivity contribution in [2.24, 2.45) is 11.7 Å². The number of nitro benzene ring substituents is 1. The van der Waals surface area contributed by atoms with E-state index >= 15 is 0 Å². The SMILES string of the molecule is N[C@@H]1CCC[C@H]1CC(=O)NCc1ccc([N+](=O)[O-])cc1. The van der Waals surface area contributed by atoms with Crippen molar-refractivity contribution in [2.45, 2.75) is 38.3 Å². The van der Waals surface area contributed by atoms with Gasteiger partial charge in [0.05, 0.1) is 4.92 Å². The topological polar surface area (TPSA) is 98.3 Å². The van der Waals surface area contributed by atoms with E-state index < -0.39 is 4.92 Å². The Morgan fingerprint density at radius 1 is 1.35 bits per heavy atom. The van der Waals surface area contributed by atoms with Crippen LogP contribution in [-0.4, -0.2) is 16.9 Å². The molecule has 1 aromatic rings. The second-order valence-electron chi connectivity index (χ2n) is 5.26. The molecule has 0 heterocycles. The number of nitrogens with one attached hydrogen (secondary N) is 1. The highest BCUT2D eigenvalue weighted by molar-refractivity contribution is 5.76. The summed E-state index contributed by atoms with van der Waals surface area (Å²) in [6, 6.07) is 6.32. The van der Waals surface area contributed by atoms with Gasteiger partial charge in [-0.25, -0.2) is 0 Å². The summed E-state index contributed by atoms with van der Waals surface area (Å²) < 4.78 is 0. The van der Waals surface area contributed by atoms with E-state index in [2.05, 4.69) is 5.32 Å². The molecule has 108 valence electrons. The molecule has 1 amide bonds. The first kappa shape index (κ1) is 14.5. The third-order valence-electron chi connectivity index (χ3n) is 3.80. The Hall–Kier alpha value is -1.95. The van der Waals surface area contributed by atoms with Crippen molar-refractivity contribution >= 4 is 11.6 Å². The maximum atomic E-state index is 11.8. The van der Waals surface area contributed by atoms with Gasteiger partial charge in [-0.2, -0.15) is 0 Å². The predicted octanol–water partition coefficient (Wildman–Crippen LogP) is 1.73. The first-order chi connectivity index (χ1) is 9.56. The molecule has 6 heteroatoms. The molecule has 2 rings (SSSR count). The molecule has 0 spiro atoms. The van der Waals surface area contributed by atoms with Gasteiger partial charge < -0.3 is 11.1 Å². The largest absolute Gasteiger partial charge is 0.352 e. The summed E-state index contributed by atoms with van der Waals surface area (Å²) in [4.78, 5) is 21.9. The lowest BCUT2D eigenvalue weighted by Crippen LogP contribution is -2.31. The van der Waals surface area contributed by atoms with Gasteiger partial charge in [0.15, 0.2) is 0 Å². The Morgan fingerprint density at radius 2 is 2.05 bits per heavy atom. The number of non-ortho nitro benzene ring substituents is 1. The van der Waals surface area contributed by atoms with Crippen molar-refractivity contribution in [1.82, 2.24) is 5.32 Å². The zero-order valence-corrected chi connectivity index (χ0v) is 11.2. The Labute approximate surface area is 117 Å². The van der Waals surface area contributed by atoms with E-state index in [0.29, 0.717) is 13.0 Å². The summed E-state index contributed by atoms with van der Waals surface area (Å²) in [5.74, 6) is 0.276. The number of carbonyl (C=O) groups is 1. The average molecular weight is 277 g/mol. The van der Waals surface area contributed by atoms with Crippen LogP contribution in [0.25, 0.3) is 0 Å². The molecule has 1 aliphatic rings. The van der Waals surface area contributed by atoms with Gasteiger partial charge in [-0.05, 0) is 24.3 Å². The second-order valence-corrected chi connectivity index (χ2v) is 5.26. The highest BCUT2D eigenvalue weighted by Gasteiger charge is 2.25. The van der Waals surface area contributed by atoms with Crippen LogP contribution in [-0.2, 0) is 11.3 Å². The zero-order valence-electron chi connectivity index (χ0n) is 11.2. The molecular weight excluding hydrogens is 258 g/mol. The van der Waals surface area contributed by atoms with Gasteiger partial charge in [-0.3, -0.25) is 14.9 Å². The number of benzene rings is 1. The molecule has 1 saturated carbocycles. The normalized spacial score (nSPS) is 21.6. The van der Waals surface area contributed by atoms with Crippen molar-refractivity contribution in [2.75, 3.05) is 0 Å². The van der Waals surface area contributed by atoms with Gasteiger partial charge in [0.25, 0.3) is 5.69 Å². The highest BCUT2D eigenvalue weighted by Crippen LogP contribution is 2.26. The van der Waals surface area contributed by atoms with Crippen molar-refractivity contribution in [3.8, 4) is 0 Å². The lowest BCUT2D eigenvalue weighted by molar-refractivity contribution is -0.384. The molecule has 1 aromatic carbocycles. The minimum Gasteiger partial charge on any atom is -0.352 e. The average Bonchev–Trinajstić information content (AvgIpc) is 2.82. The first-order valence-electron chi connectivity index (χ1n) is 6.82. The van der Waals surface area contributed by atoms with Crippen molar-refractivity contribution in [1.29, 1.82) is 0 Å². The smallest absolute Gasteiger partial charge is 0.269 e. The Bertz CT molecular complexity index is 487. The summed E-state index contributed by atoms with van der Waals surface area (Å²) in [7, 11) is 0. The summed E-state index contributed by atoms with van der Waals surface area (Å²) in [5, 5.41) is 13.4. The van der Waals surface area contributed by atoms with Crippen LogP contribution < -0.4 is 11.1 Å². The van der Waals surface area contributed by atoms with Crippen LogP contribution in [0.3, 0.4) is 0 Å². The molecule has 0 bridgehead atoms. The molecular formula is C14H19N3O3. The number of nitro groups is 1. The molecule has 2 atom stereocenters. The van der Waals surface area contributed by atoms with Crippen LogP contribution in [0.4, 0.5) is 5.69 Å². The lowest BCUT2D eigenvalue weighted by atomic mass is 10.00. The van der Waals surface area contributed by atoms with Crippen molar-refractivity contribution in [3.63, 3.8) is 0 Å². The molecule has 3 N–H and O–H groups in total. The molecule has 1 aliphatic carbocycles. The molecule has 6 nitrogen and oxygen atoms in total. The standard InChI is InChI=1S/C14H19N3O3/c15-13-3-1-2-11(13)8-14(18)16-9-10-4-6-12(7-5-10)17(19)20/h4-7,11,13H,1-3,8-9,15H2,(H,16,18)/t11-,13+/m0/s1. The maximum absolute atomic E-state index is 11.8. The third-order valence-corrected chi connectivity index (χ3v) is 3.80. The number of nitrogens with zero attached hydrogens (tertiary/aromatic N) is 1. The monoisotopic (exact) mass is 277 g/mol. The number of carbonyl (C=O) groups excluding carboxylic acids is 1. The Kier molecular flexibility index (Phi) is 4.68. The van der Waals surface area contributed by atoms with E-state index in [1.807, 2.05) is 0 Å². The van der Waals surface area contributed by atoms with Crippen LogP contribution >= 0.6 is 0 Å². The predicted molar refractivity (Wildman–Crippen MR) is 74.9 cm³/mol. The second kappa shape index (κ2) is 6.47. The fraction of sp³-hybridized carbons (Fsp3) is 0.500. The van der Waals surface area contributed by atoms with Gasteiger partial charge in [-0.1, -0.05) is 18.6 Å². The van der Waals surface area contributed by atoms with E-state index in [-0.39, 0.29) is 23.6 Å². The van der Waals surface area contributed by atoms with E-state index in [0.717, 1.165) is 24.8 Å². The van der Waals surface area contributed by atoms with Gasteiger partial charge >= 0.3 is 0 Å². The van der Waals surface area contributed by atoms with Crippen molar-refractivity contribution < 1.29 is 9.72 Å². The van der Waals surface area contributed by atoms with Crippen LogP contribution in [0.15, 0.2) is 24.3 Å². The van der Waals surface area contributed by atoms with Crippen LogP contribution in [0.5, 0.6) is 0 Å². The number of nitrogens with two attached hydrogens (primary N) is 1. The minimum atomic E-state index is -0.441. The molecule has 0 saturated heterocycles. The fourth-order valence-corrected chi connectivity index (χ4v) is 2.57. The third kappa shape index (κ3) is 3.77. The molecule has 20 heavy (non-hydrogen) atoms. The van der Waals surface area contributed by atoms with E-state index in [1.165, 1.54) is 12.1 Å². The van der Waals surface area contributed by atoms with E-state index in [9.17, 15) is 14.9 Å². The van der Waals surface area contributed by atoms with Gasteiger partial charge in [0.2, 0.25) is 5.91 Å². The van der Waals surface area contributed by atoms with Crippen LogP contribution in [0, 0.1) is 16.0 Å². The summed E-state index contributed by atoms with van der Waals surface area (Å²) >= 11 is 0. The Morgan fingerprint density at radius 3 is 2.60 bits per heavy atom. The molecule has 0 unspecified atom stereocenters. The van der Waals surface area contributed by atoms with E-state index in [1.54, 1.807) is 12.1 Å². The number of hydrogen-bond donors (Lipinski definition) is 2. The number of hydrogen-bond acceptors (Lipinski definition) is 4. The summed E-state index contributed by atoms with van der Waals surface area (Å²) in [6.07, 6.45) is 3.59. The van der Waals surface area contributed by atoms with E-state index in [4.69, 9.17) is 5.73 Å². The van der Waals surface area contributed by atoms with Crippen LogP contribution in [0.1, 0.15) is 31.2 Å². The molecule has 0 aliphatic heterocycles. The quantitative estimate of drug-likeness (QED) is 0.632. The number of amides is 1. The summed E-state index contributed by atoms with van der Waals surface area (Å²) in [5.41, 5.74) is 6.84. The fourth-order valence-electron chi connectivity index (χ4n) is 2.57. The number of rotatable bonds is 5. The molecule has 0 radical (unpaired) electrons. The van der Waals surface area contributed by atoms with Crippen LogP contribution in [0.2, 0.25) is 0 Å². The maximum Gasteiger partial charge on any atom is 0.269 e. The molecule has 1 fully saturated rings. The minimum absolute atomic E-state index is 0.00861. The Balaban J connectivity index is 1.79. The van der Waals surface area contributed by atoms with Crippen molar-refractivity contribution in [3.05, 3.63) is 39.9 Å². The van der Waals surface area contributed by atoms with Gasteiger partial charge in [0.1, 0.15) is 0 Å². The highest BCUT2D eigenvalue weighted by atomic mass is 16.6. The first-order valence-corrected chi connectivity index (χ1v) is 6.82. The van der Waals surface area contributed by atoms with Gasteiger partial charge in [-0.15, -0.1) is 0 Å².